The SMILES string of the molecule is COCC1=CCN(c2ccccc2/C=C/C(=O)O)CC1. The van der Waals surface area contributed by atoms with Crippen LogP contribution in [0.3, 0.4) is 0 Å². The van der Waals surface area contributed by atoms with Crippen LogP contribution in [0.25, 0.3) is 6.08 Å². The molecule has 4 nitrogen and oxygen atoms in total. The van der Waals surface area contributed by atoms with Crippen molar-refractivity contribution in [3.05, 3.63) is 47.6 Å². The first-order valence-corrected chi connectivity index (χ1v) is 6.62. The van der Waals surface area contributed by atoms with Crippen LogP contribution in [-0.2, 0) is 9.53 Å². The van der Waals surface area contributed by atoms with E-state index in [1.54, 1.807) is 13.2 Å². The van der Waals surface area contributed by atoms with Crippen molar-refractivity contribution in [2.75, 3.05) is 31.7 Å². The molecule has 0 radical (unpaired) electrons. The Morgan fingerprint density at radius 3 is 2.90 bits per heavy atom. The fourth-order valence-electron chi connectivity index (χ4n) is 2.32. The zero-order chi connectivity index (χ0) is 14.4. The molecule has 1 heterocycles. The standard InChI is InChI=1S/C16H19NO3/c1-20-12-13-8-10-17(11-9-13)15-5-3-2-4-14(15)6-7-16(18)19/h2-8H,9-12H2,1H3,(H,18,19)/b7-6+. The Balaban J connectivity index is 2.16. The number of methoxy groups -OCH3 is 1. The molecule has 0 aromatic heterocycles. The second kappa shape index (κ2) is 6.91. The number of carboxylic acid groups (broad SMARTS) is 1. The van der Waals surface area contributed by atoms with Gasteiger partial charge in [0.05, 0.1) is 6.61 Å². The number of carbonyl (C=O) groups is 1. The summed E-state index contributed by atoms with van der Waals surface area (Å²) in [5, 5.41) is 8.75. The van der Waals surface area contributed by atoms with Gasteiger partial charge in [0.1, 0.15) is 0 Å². The Kier molecular flexibility index (Phi) is 4.96. The first-order valence-electron chi connectivity index (χ1n) is 6.62. The summed E-state index contributed by atoms with van der Waals surface area (Å²) in [5.41, 5.74) is 3.32. The predicted octanol–water partition coefficient (Wildman–Crippen LogP) is 2.57. The third-order valence-corrected chi connectivity index (χ3v) is 3.32. The Labute approximate surface area is 119 Å². The van der Waals surface area contributed by atoms with E-state index < -0.39 is 5.97 Å². The van der Waals surface area contributed by atoms with Gasteiger partial charge >= 0.3 is 5.97 Å². The van der Waals surface area contributed by atoms with Crippen molar-refractivity contribution in [2.45, 2.75) is 6.42 Å². The predicted molar refractivity (Wildman–Crippen MR) is 79.9 cm³/mol. The van der Waals surface area contributed by atoms with Gasteiger partial charge in [-0.25, -0.2) is 4.79 Å². The van der Waals surface area contributed by atoms with Gasteiger partial charge in [0.2, 0.25) is 0 Å². The minimum Gasteiger partial charge on any atom is -0.478 e. The number of hydrogen-bond donors (Lipinski definition) is 1. The maximum absolute atomic E-state index is 10.7. The zero-order valence-corrected chi connectivity index (χ0v) is 11.6. The summed E-state index contributed by atoms with van der Waals surface area (Å²) in [6.07, 6.45) is 5.98. The summed E-state index contributed by atoms with van der Waals surface area (Å²) < 4.78 is 5.15. The molecule has 20 heavy (non-hydrogen) atoms. The van der Waals surface area contributed by atoms with Crippen LogP contribution >= 0.6 is 0 Å². The smallest absolute Gasteiger partial charge is 0.328 e. The monoisotopic (exact) mass is 273 g/mol. The van der Waals surface area contributed by atoms with E-state index in [2.05, 4.69) is 11.0 Å². The van der Waals surface area contributed by atoms with Crippen LogP contribution in [0.2, 0.25) is 0 Å². The summed E-state index contributed by atoms with van der Waals surface area (Å²) in [6.45, 7) is 2.44. The third-order valence-electron chi connectivity index (χ3n) is 3.32. The van der Waals surface area contributed by atoms with Gasteiger partial charge in [-0.2, -0.15) is 0 Å². The van der Waals surface area contributed by atoms with Crippen LogP contribution < -0.4 is 4.90 Å². The van der Waals surface area contributed by atoms with E-state index in [1.807, 2.05) is 24.3 Å². The molecule has 0 saturated carbocycles. The minimum absolute atomic E-state index is 0.689. The van der Waals surface area contributed by atoms with Crippen molar-refractivity contribution < 1.29 is 14.6 Å². The molecule has 1 aromatic carbocycles. The first kappa shape index (κ1) is 14.3. The summed E-state index contributed by atoms with van der Waals surface area (Å²) in [4.78, 5) is 12.9. The average Bonchev–Trinajstić information content (AvgIpc) is 2.47. The number of carboxylic acids is 1. The lowest BCUT2D eigenvalue weighted by Crippen LogP contribution is -2.29. The third kappa shape index (κ3) is 3.71. The van der Waals surface area contributed by atoms with Gasteiger partial charge in [0.15, 0.2) is 0 Å². The normalized spacial score (nSPS) is 15.4. The highest BCUT2D eigenvalue weighted by Gasteiger charge is 2.14. The van der Waals surface area contributed by atoms with E-state index in [1.165, 1.54) is 11.6 Å². The number of aliphatic carboxylic acids is 1. The largest absolute Gasteiger partial charge is 0.478 e. The Morgan fingerprint density at radius 1 is 1.45 bits per heavy atom. The molecule has 0 aliphatic carbocycles. The van der Waals surface area contributed by atoms with Crippen molar-refractivity contribution in [3.63, 3.8) is 0 Å². The van der Waals surface area contributed by atoms with Gasteiger partial charge in [-0.3, -0.25) is 0 Å². The molecule has 0 amide bonds. The quantitative estimate of drug-likeness (QED) is 0.661. The molecule has 0 spiro atoms. The highest BCUT2D eigenvalue weighted by molar-refractivity contribution is 5.87. The van der Waals surface area contributed by atoms with Gasteiger partial charge in [-0.15, -0.1) is 0 Å². The molecule has 0 unspecified atom stereocenters. The second-order valence-electron chi connectivity index (χ2n) is 4.72. The molecule has 1 N–H and O–H groups in total. The molecule has 106 valence electrons. The molecule has 0 saturated heterocycles. The summed E-state index contributed by atoms with van der Waals surface area (Å²) >= 11 is 0. The van der Waals surface area contributed by atoms with Crippen LogP contribution in [0.4, 0.5) is 5.69 Å². The fourth-order valence-corrected chi connectivity index (χ4v) is 2.32. The van der Waals surface area contributed by atoms with Gasteiger partial charge in [-0.05, 0) is 29.7 Å². The minimum atomic E-state index is -0.930. The van der Waals surface area contributed by atoms with Gasteiger partial charge < -0.3 is 14.7 Å². The number of para-hydroxylation sites is 1. The average molecular weight is 273 g/mol. The Morgan fingerprint density at radius 2 is 2.25 bits per heavy atom. The van der Waals surface area contributed by atoms with E-state index in [9.17, 15) is 4.79 Å². The fraction of sp³-hybridized carbons (Fsp3) is 0.312. The number of rotatable bonds is 5. The van der Waals surface area contributed by atoms with E-state index in [0.29, 0.717) is 6.61 Å². The second-order valence-corrected chi connectivity index (χ2v) is 4.72. The van der Waals surface area contributed by atoms with Crippen LogP contribution in [0.1, 0.15) is 12.0 Å². The number of hydrogen-bond acceptors (Lipinski definition) is 3. The number of benzene rings is 1. The van der Waals surface area contributed by atoms with Crippen molar-refractivity contribution in [1.82, 2.24) is 0 Å². The van der Waals surface area contributed by atoms with Crippen LogP contribution in [0, 0.1) is 0 Å². The molecule has 2 rings (SSSR count). The first-order chi connectivity index (χ1) is 9.70. The Hall–Kier alpha value is -2.07. The molecule has 0 bridgehead atoms. The zero-order valence-electron chi connectivity index (χ0n) is 11.6. The maximum Gasteiger partial charge on any atom is 0.328 e. The van der Waals surface area contributed by atoms with Crippen LogP contribution in [0.15, 0.2) is 42.0 Å². The van der Waals surface area contributed by atoms with E-state index in [0.717, 1.165) is 30.8 Å². The number of ether oxygens (including phenoxy) is 1. The van der Waals surface area contributed by atoms with E-state index in [4.69, 9.17) is 9.84 Å². The van der Waals surface area contributed by atoms with Gasteiger partial charge in [0.25, 0.3) is 0 Å². The molecular formula is C16H19NO3. The van der Waals surface area contributed by atoms with Crippen LogP contribution in [0.5, 0.6) is 0 Å². The molecule has 4 heteroatoms. The van der Waals surface area contributed by atoms with Gasteiger partial charge in [-0.1, -0.05) is 24.3 Å². The van der Waals surface area contributed by atoms with Crippen LogP contribution in [-0.4, -0.2) is 37.9 Å². The maximum atomic E-state index is 10.7. The molecule has 0 fully saturated rings. The number of nitrogens with zero attached hydrogens (tertiary/aromatic N) is 1. The molecule has 0 atom stereocenters. The lowest BCUT2D eigenvalue weighted by molar-refractivity contribution is -0.131. The topological polar surface area (TPSA) is 49.8 Å². The molecule has 1 aromatic rings. The van der Waals surface area contributed by atoms with Crippen molar-refractivity contribution in [2.24, 2.45) is 0 Å². The van der Waals surface area contributed by atoms with Crippen molar-refractivity contribution in [1.29, 1.82) is 0 Å². The van der Waals surface area contributed by atoms with Crippen molar-refractivity contribution in [3.8, 4) is 0 Å². The highest BCUT2D eigenvalue weighted by atomic mass is 16.5. The summed E-state index contributed by atoms with van der Waals surface area (Å²) in [6, 6.07) is 7.85. The summed E-state index contributed by atoms with van der Waals surface area (Å²) in [7, 11) is 1.71. The molecule has 1 aliphatic heterocycles. The highest BCUT2D eigenvalue weighted by Crippen LogP contribution is 2.25. The van der Waals surface area contributed by atoms with E-state index in [-0.39, 0.29) is 0 Å². The lowest BCUT2D eigenvalue weighted by atomic mass is 10.1. The Bertz CT molecular complexity index is 534. The number of anilines is 1. The summed E-state index contributed by atoms with van der Waals surface area (Å²) in [5.74, 6) is -0.930. The lowest BCUT2D eigenvalue weighted by Gasteiger charge is -2.29. The van der Waals surface area contributed by atoms with E-state index >= 15 is 0 Å². The van der Waals surface area contributed by atoms with Crippen molar-refractivity contribution >= 4 is 17.7 Å². The molecular weight excluding hydrogens is 254 g/mol. The molecule has 1 aliphatic rings. The van der Waals surface area contributed by atoms with Gasteiger partial charge in [0, 0.05) is 32.0 Å².